The smallest absolute Gasteiger partial charge is 0.283 e. The quantitative estimate of drug-likeness (QED) is 0.470. The number of carbonyl (C=O) groups excluding carboxylic acids is 1. The van der Waals surface area contributed by atoms with Crippen LogP contribution in [0.1, 0.15) is 27.3 Å². The minimum Gasteiger partial charge on any atom is -0.336 e. The van der Waals surface area contributed by atoms with Gasteiger partial charge in [0.15, 0.2) is 0 Å². The van der Waals surface area contributed by atoms with Gasteiger partial charge in [-0.25, -0.2) is 4.98 Å². The molecule has 1 aliphatic heterocycles. The molecule has 0 aliphatic carbocycles. The maximum absolute atomic E-state index is 12.9. The number of nitro benzene ring substituents is 1. The molecule has 1 aromatic carbocycles. The largest absolute Gasteiger partial charge is 0.336 e. The van der Waals surface area contributed by atoms with Gasteiger partial charge in [0.1, 0.15) is 11.2 Å². The standard InChI is InChI=1S/C21H22ClN5O3/c1-14-5-6-26-19(15(2)23-20(26)11-14)13-24-7-9-25(10-8-24)21(28)17-4-3-16(22)12-18(17)27(29)30/h3-6,11-12H,7-10,13H2,1-2H3. The van der Waals surface area contributed by atoms with Crippen molar-refractivity contribution in [2.45, 2.75) is 20.4 Å². The van der Waals surface area contributed by atoms with E-state index in [1.807, 2.05) is 20.0 Å². The third-order valence-corrected chi connectivity index (χ3v) is 5.74. The lowest BCUT2D eigenvalue weighted by atomic mass is 10.1. The van der Waals surface area contributed by atoms with Crippen molar-refractivity contribution < 1.29 is 9.72 Å². The third kappa shape index (κ3) is 3.88. The number of aromatic nitrogens is 2. The van der Waals surface area contributed by atoms with Gasteiger partial charge in [-0.2, -0.15) is 0 Å². The minimum atomic E-state index is -0.565. The first-order chi connectivity index (χ1) is 14.3. The molecule has 1 fully saturated rings. The van der Waals surface area contributed by atoms with Gasteiger partial charge < -0.3 is 9.30 Å². The minimum absolute atomic E-state index is 0.0749. The number of imidazole rings is 1. The summed E-state index contributed by atoms with van der Waals surface area (Å²) in [6, 6.07) is 8.28. The molecule has 0 spiro atoms. The number of halogens is 1. The van der Waals surface area contributed by atoms with Gasteiger partial charge in [0.05, 0.1) is 16.3 Å². The number of hydrogen-bond acceptors (Lipinski definition) is 5. The third-order valence-electron chi connectivity index (χ3n) is 5.50. The molecule has 0 atom stereocenters. The first-order valence-electron chi connectivity index (χ1n) is 9.73. The lowest BCUT2D eigenvalue weighted by Gasteiger charge is -2.34. The van der Waals surface area contributed by atoms with Crippen molar-refractivity contribution in [1.29, 1.82) is 0 Å². The fourth-order valence-corrected chi connectivity index (χ4v) is 4.00. The number of nitro groups is 1. The van der Waals surface area contributed by atoms with E-state index in [9.17, 15) is 14.9 Å². The summed E-state index contributed by atoms with van der Waals surface area (Å²) in [6.45, 7) is 7.18. The van der Waals surface area contributed by atoms with Crippen molar-refractivity contribution >= 4 is 28.8 Å². The first kappa shape index (κ1) is 20.3. The van der Waals surface area contributed by atoms with E-state index >= 15 is 0 Å². The Labute approximate surface area is 178 Å². The van der Waals surface area contributed by atoms with Gasteiger partial charge in [0.25, 0.3) is 11.6 Å². The molecule has 1 aliphatic rings. The molecule has 3 aromatic rings. The Balaban J connectivity index is 1.46. The van der Waals surface area contributed by atoms with Crippen LogP contribution in [0, 0.1) is 24.0 Å². The topological polar surface area (TPSA) is 84.0 Å². The Bertz CT molecular complexity index is 1140. The van der Waals surface area contributed by atoms with Crippen molar-refractivity contribution in [3.8, 4) is 0 Å². The highest BCUT2D eigenvalue weighted by atomic mass is 35.5. The highest BCUT2D eigenvalue weighted by Crippen LogP contribution is 2.25. The summed E-state index contributed by atoms with van der Waals surface area (Å²) < 4.78 is 2.11. The summed E-state index contributed by atoms with van der Waals surface area (Å²) in [5.41, 5.74) is 4.06. The van der Waals surface area contributed by atoms with Crippen molar-refractivity contribution in [3.05, 3.63) is 74.2 Å². The summed E-state index contributed by atoms with van der Waals surface area (Å²) in [5.74, 6) is -0.334. The molecule has 3 heterocycles. The number of carbonyl (C=O) groups is 1. The van der Waals surface area contributed by atoms with E-state index in [0.717, 1.165) is 23.6 Å². The summed E-state index contributed by atoms with van der Waals surface area (Å²) in [7, 11) is 0. The van der Waals surface area contributed by atoms with Crippen LogP contribution in [0.15, 0.2) is 36.5 Å². The molecule has 1 amide bonds. The summed E-state index contributed by atoms with van der Waals surface area (Å²) in [4.78, 5) is 32.2. The van der Waals surface area contributed by atoms with E-state index in [0.29, 0.717) is 26.2 Å². The first-order valence-corrected chi connectivity index (χ1v) is 10.1. The van der Waals surface area contributed by atoms with Gasteiger partial charge in [0, 0.05) is 50.0 Å². The van der Waals surface area contributed by atoms with E-state index in [1.165, 1.54) is 23.8 Å². The van der Waals surface area contributed by atoms with E-state index < -0.39 is 4.92 Å². The molecule has 0 N–H and O–H groups in total. The van der Waals surface area contributed by atoms with Crippen LogP contribution in [0.4, 0.5) is 5.69 Å². The fraction of sp³-hybridized carbons (Fsp3) is 0.333. The van der Waals surface area contributed by atoms with E-state index in [2.05, 4.69) is 26.4 Å². The number of benzene rings is 1. The summed E-state index contributed by atoms with van der Waals surface area (Å²) >= 11 is 5.86. The molecule has 9 heteroatoms. The highest BCUT2D eigenvalue weighted by molar-refractivity contribution is 6.31. The molecule has 2 aromatic heterocycles. The van der Waals surface area contributed by atoms with E-state index in [1.54, 1.807) is 4.90 Å². The zero-order valence-corrected chi connectivity index (χ0v) is 17.6. The predicted octanol–water partition coefficient (Wildman–Crippen LogP) is 3.47. The van der Waals surface area contributed by atoms with Gasteiger partial charge in [0.2, 0.25) is 0 Å². The van der Waals surface area contributed by atoms with E-state index in [4.69, 9.17) is 11.6 Å². The van der Waals surface area contributed by atoms with Crippen LogP contribution in [-0.4, -0.2) is 56.2 Å². The molecular weight excluding hydrogens is 406 g/mol. The maximum Gasteiger partial charge on any atom is 0.283 e. The van der Waals surface area contributed by atoms with Crippen LogP contribution < -0.4 is 0 Å². The zero-order valence-electron chi connectivity index (χ0n) is 16.8. The molecular formula is C21H22ClN5O3. The van der Waals surface area contributed by atoms with Crippen molar-refractivity contribution in [1.82, 2.24) is 19.2 Å². The Morgan fingerprint density at radius 3 is 2.60 bits per heavy atom. The molecule has 8 nitrogen and oxygen atoms in total. The van der Waals surface area contributed by atoms with E-state index in [-0.39, 0.29) is 22.2 Å². The Morgan fingerprint density at radius 1 is 1.17 bits per heavy atom. The SMILES string of the molecule is Cc1ccn2c(CN3CCN(C(=O)c4ccc(Cl)cc4[N+](=O)[O-])CC3)c(C)nc2c1. The van der Waals surface area contributed by atoms with Gasteiger partial charge in [-0.3, -0.25) is 19.8 Å². The predicted molar refractivity (Wildman–Crippen MR) is 114 cm³/mol. The van der Waals surface area contributed by atoms with Crippen molar-refractivity contribution in [3.63, 3.8) is 0 Å². The average Bonchev–Trinajstić information content (AvgIpc) is 3.02. The number of hydrogen-bond donors (Lipinski definition) is 0. The van der Waals surface area contributed by atoms with Crippen LogP contribution >= 0.6 is 11.6 Å². The van der Waals surface area contributed by atoms with Crippen LogP contribution in [0.5, 0.6) is 0 Å². The van der Waals surface area contributed by atoms with Crippen molar-refractivity contribution in [2.24, 2.45) is 0 Å². The van der Waals surface area contributed by atoms with Gasteiger partial charge in [-0.15, -0.1) is 0 Å². The molecule has 0 saturated carbocycles. The monoisotopic (exact) mass is 427 g/mol. The number of aryl methyl sites for hydroxylation is 2. The second kappa shape index (κ2) is 8.04. The molecule has 0 radical (unpaired) electrons. The van der Waals surface area contributed by atoms with Crippen LogP contribution in [-0.2, 0) is 6.54 Å². The molecule has 1 saturated heterocycles. The molecule has 0 unspecified atom stereocenters. The summed E-state index contributed by atoms with van der Waals surface area (Å²) in [6.07, 6.45) is 2.04. The van der Waals surface area contributed by atoms with Crippen molar-refractivity contribution in [2.75, 3.05) is 26.2 Å². The normalized spacial score (nSPS) is 15.0. The van der Waals surface area contributed by atoms with Gasteiger partial charge in [-0.05, 0) is 43.7 Å². The lowest BCUT2D eigenvalue weighted by molar-refractivity contribution is -0.385. The van der Waals surface area contributed by atoms with Gasteiger partial charge >= 0.3 is 0 Å². The lowest BCUT2D eigenvalue weighted by Crippen LogP contribution is -2.48. The fourth-order valence-electron chi connectivity index (χ4n) is 3.83. The number of pyridine rings is 1. The Morgan fingerprint density at radius 2 is 1.90 bits per heavy atom. The van der Waals surface area contributed by atoms with Gasteiger partial charge in [-0.1, -0.05) is 11.6 Å². The van der Waals surface area contributed by atoms with Crippen LogP contribution in [0.3, 0.4) is 0 Å². The second-order valence-corrected chi connectivity index (χ2v) is 8.00. The second-order valence-electron chi connectivity index (χ2n) is 7.56. The molecule has 156 valence electrons. The number of piperazine rings is 1. The number of rotatable bonds is 4. The highest BCUT2D eigenvalue weighted by Gasteiger charge is 2.28. The Hall–Kier alpha value is -2.97. The number of nitrogens with zero attached hydrogens (tertiary/aromatic N) is 5. The average molecular weight is 428 g/mol. The van der Waals surface area contributed by atoms with Crippen LogP contribution in [0.25, 0.3) is 5.65 Å². The number of amides is 1. The Kier molecular flexibility index (Phi) is 5.44. The maximum atomic E-state index is 12.9. The zero-order chi connectivity index (χ0) is 21.4. The molecule has 4 rings (SSSR count). The molecule has 30 heavy (non-hydrogen) atoms. The summed E-state index contributed by atoms with van der Waals surface area (Å²) in [5, 5.41) is 11.5. The van der Waals surface area contributed by atoms with Crippen LogP contribution in [0.2, 0.25) is 5.02 Å². The number of fused-ring (bicyclic) bond motifs is 1. The molecule has 0 bridgehead atoms.